The average Bonchev–Trinajstić information content (AvgIpc) is 3.16. The van der Waals surface area contributed by atoms with Crippen LogP contribution in [0.2, 0.25) is 0 Å². The second-order valence-corrected chi connectivity index (χ2v) is 5.77. The molecule has 0 radical (unpaired) electrons. The average molecular weight is 324 g/mol. The first-order valence-electron chi connectivity index (χ1n) is 7.52. The van der Waals surface area contributed by atoms with Gasteiger partial charge in [0, 0.05) is 25.8 Å². The summed E-state index contributed by atoms with van der Waals surface area (Å²) in [5.74, 6) is 0.143. The minimum absolute atomic E-state index is 0. The van der Waals surface area contributed by atoms with Crippen molar-refractivity contribution in [2.24, 2.45) is 5.92 Å². The molecule has 0 bridgehead atoms. The van der Waals surface area contributed by atoms with Gasteiger partial charge < -0.3 is 15.1 Å². The van der Waals surface area contributed by atoms with Gasteiger partial charge >= 0.3 is 0 Å². The molecule has 5 nitrogen and oxygen atoms in total. The van der Waals surface area contributed by atoms with E-state index in [0.717, 1.165) is 25.2 Å². The van der Waals surface area contributed by atoms with E-state index in [4.69, 9.17) is 0 Å². The summed E-state index contributed by atoms with van der Waals surface area (Å²) in [6, 6.07) is 9.33. The number of amides is 2. The SMILES string of the molecule is CN(C(=O)C1CCNC1)C1CCN(c2ccccc2)C1=O.Cl. The van der Waals surface area contributed by atoms with Gasteiger partial charge in [0.2, 0.25) is 11.8 Å². The van der Waals surface area contributed by atoms with Gasteiger partial charge in [-0.2, -0.15) is 0 Å². The molecule has 6 heteroatoms. The second-order valence-electron chi connectivity index (χ2n) is 5.77. The number of hydrogen-bond acceptors (Lipinski definition) is 3. The fraction of sp³-hybridized carbons (Fsp3) is 0.500. The minimum Gasteiger partial charge on any atom is -0.333 e. The molecule has 0 aliphatic carbocycles. The zero-order valence-electron chi connectivity index (χ0n) is 12.7. The van der Waals surface area contributed by atoms with Gasteiger partial charge in [-0.15, -0.1) is 12.4 Å². The van der Waals surface area contributed by atoms with Crippen LogP contribution in [0.15, 0.2) is 30.3 Å². The molecule has 2 atom stereocenters. The van der Waals surface area contributed by atoms with Crippen LogP contribution in [0.5, 0.6) is 0 Å². The number of anilines is 1. The maximum atomic E-state index is 12.6. The lowest BCUT2D eigenvalue weighted by Crippen LogP contribution is -2.45. The van der Waals surface area contributed by atoms with Crippen LogP contribution in [0.4, 0.5) is 5.69 Å². The lowest BCUT2D eigenvalue weighted by molar-refractivity contribution is -0.139. The Labute approximate surface area is 137 Å². The first-order chi connectivity index (χ1) is 10.2. The molecule has 2 saturated heterocycles. The summed E-state index contributed by atoms with van der Waals surface area (Å²) in [5.41, 5.74) is 0.911. The van der Waals surface area contributed by atoms with Gasteiger partial charge in [-0.3, -0.25) is 9.59 Å². The van der Waals surface area contributed by atoms with E-state index in [0.29, 0.717) is 13.0 Å². The van der Waals surface area contributed by atoms with Crippen LogP contribution in [-0.4, -0.2) is 49.4 Å². The smallest absolute Gasteiger partial charge is 0.249 e. The van der Waals surface area contributed by atoms with E-state index in [1.165, 1.54) is 0 Å². The molecule has 1 N–H and O–H groups in total. The first-order valence-corrected chi connectivity index (χ1v) is 7.52. The van der Waals surface area contributed by atoms with Crippen molar-refractivity contribution in [1.29, 1.82) is 0 Å². The summed E-state index contributed by atoms with van der Waals surface area (Å²) in [7, 11) is 1.76. The highest BCUT2D eigenvalue weighted by Crippen LogP contribution is 2.25. The van der Waals surface area contributed by atoms with Crippen molar-refractivity contribution in [2.75, 3.05) is 31.6 Å². The number of likely N-dealkylation sites (N-methyl/N-ethyl adjacent to an activating group) is 1. The maximum absolute atomic E-state index is 12.6. The van der Waals surface area contributed by atoms with Gasteiger partial charge in [-0.1, -0.05) is 18.2 Å². The number of hydrogen-bond donors (Lipinski definition) is 1. The fourth-order valence-electron chi connectivity index (χ4n) is 3.20. The van der Waals surface area contributed by atoms with Crippen LogP contribution in [0.1, 0.15) is 12.8 Å². The van der Waals surface area contributed by atoms with E-state index in [1.807, 2.05) is 30.3 Å². The van der Waals surface area contributed by atoms with Crippen molar-refractivity contribution in [3.05, 3.63) is 30.3 Å². The Bertz CT molecular complexity index is 531. The molecule has 0 saturated carbocycles. The van der Waals surface area contributed by atoms with Crippen molar-refractivity contribution < 1.29 is 9.59 Å². The molecular formula is C16H22ClN3O2. The summed E-state index contributed by atoms with van der Waals surface area (Å²) in [5, 5.41) is 3.20. The van der Waals surface area contributed by atoms with E-state index in [-0.39, 0.29) is 36.2 Å². The molecule has 2 aliphatic rings. The van der Waals surface area contributed by atoms with Crippen LogP contribution in [0.3, 0.4) is 0 Å². The lowest BCUT2D eigenvalue weighted by Gasteiger charge is -2.26. The molecule has 2 fully saturated rings. The molecule has 2 amide bonds. The van der Waals surface area contributed by atoms with Gasteiger partial charge in [0.15, 0.2) is 0 Å². The summed E-state index contributed by atoms with van der Waals surface area (Å²) < 4.78 is 0. The van der Waals surface area contributed by atoms with Crippen molar-refractivity contribution in [2.45, 2.75) is 18.9 Å². The molecule has 1 aromatic rings. The minimum atomic E-state index is -0.321. The van der Waals surface area contributed by atoms with Gasteiger partial charge in [-0.05, 0) is 31.5 Å². The predicted molar refractivity (Wildman–Crippen MR) is 88.2 cm³/mol. The Hall–Kier alpha value is -1.59. The summed E-state index contributed by atoms with van der Waals surface area (Å²) in [6.07, 6.45) is 1.57. The highest BCUT2D eigenvalue weighted by molar-refractivity contribution is 6.01. The zero-order chi connectivity index (χ0) is 14.8. The molecule has 3 rings (SSSR count). The Kier molecular flexibility index (Phi) is 5.42. The van der Waals surface area contributed by atoms with Gasteiger partial charge in [0.05, 0.1) is 5.92 Å². The number of nitrogens with zero attached hydrogens (tertiary/aromatic N) is 2. The number of halogens is 1. The number of carbonyl (C=O) groups is 2. The molecule has 2 aliphatic heterocycles. The summed E-state index contributed by atoms with van der Waals surface area (Å²) in [4.78, 5) is 28.5. The van der Waals surface area contributed by atoms with E-state index in [9.17, 15) is 9.59 Å². The molecular weight excluding hydrogens is 302 g/mol. The van der Waals surface area contributed by atoms with Crippen LogP contribution in [0, 0.1) is 5.92 Å². The highest BCUT2D eigenvalue weighted by atomic mass is 35.5. The third-order valence-electron chi connectivity index (χ3n) is 4.47. The maximum Gasteiger partial charge on any atom is 0.249 e. The Morgan fingerprint density at radius 2 is 2.00 bits per heavy atom. The fourth-order valence-corrected chi connectivity index (χ4v) is 3.20. The van der Waals surface area contributed by atoms with Crippen LogP contribution >= 0.6 is 12.4 Å². The van der Waals surface area contributed by atoms with Crippen molar-refractivity contribution in [3.8, 4) is 0 Å². The molecule has 120 valence electrons. The van der Waals surface area contributed by atoms with E-state index in [1.54, 1.807) is 16.8 Å². The largest absolute Gasteiger partial charge is 0.333 e. The Morgan fingerprint density at radius 1 is 1.27 bits per heavy atom. The standard InChI is InChI=1S/C16H21N3O2.ClH/c1-18(15(20)12-7-9-17-11-12)14-8-10-19(16(14)21)13-5-3-2-4-6-13;/h2-6,12,14,17H,7-11H2,1H3;1H. The number of para-hydroxylation sites is 1. The monoisotopic (exact) mass is 323 g/mol. The number of nitrogens with one attached hydrogen (secondary N) is 1. The number of rotatable bonds is 3. The number of carbonyl (C=O) groups excluding carboxylic acids is 2. The molecule has 1 aromatic carbocycles. The summed E-state index contributed by atoms with van der Waals surface area (Å²) >= 11 is 0. The zero-order valence-corrected chi connectivity index (χ0v) is 13.5. The Balaban J connectivity index is 0.00000176. The third kappa shape index (κ3) is 3.10. The van der Waals surface area contributed by atoms with Gasteiger partial charge in [0.25, 0.3) is 0 Å². The first kappa shape index (κ1) is 16.8. The van der Waals surface area contributed by atoms with Crippen molar-refractivity contribution >= 4 is 29.9 Å². The van der Waals surface area contributed by atoms with Crippen molar-refractivity contribution in [1.82, 2.24) is 10.2 Å². The molecule has 2 heterocycles. The molecule has 0 spiro atoms. The lowest BCUT2D eigenvalue weighted by atomic mass is 10.1. The molecule has 0 aromatic heterocycles. The van der Waals surface area contributed by atoms with E-state index in [2.05, 4.69) is 5.32 Å². The normalized spacial score (nSPS) is 24.2. The van der Waals surface area contributed by atoms with Gasteiger partial charge in [0.1, 0.15) is 6.04 Å². The van der Waals surface area contributed by atoms with Gasteiger partial charge in [-0.25, -0.2) is 0 Å². The van der Waals surface area contributed by atoms with Crippen LogP contribution in [0.25, 0.3) is 0 Å². The van der Waals surface area contributed by atoms with E-state index >= 15 is 0 Å². The molecule has 22 heavy (non-hydrogen) atoms. The third-order valence-corrected chi connectivity index (χ3v) is 4.47. The predicted octanol–water partition coefficient (Wildman–Crippen LogP) is 1.28. The highest BCUT2D eigenvalue weighted by Gasteiger charge is 2.39. The van der Waals surface area contributed by atoms with Crippen LogP contribution in [-0.2, 0) is 9.59 Å². The Morgan fingerprint density at radius 3 is 2.64 bits per heavy atom. The second kappa shape index (κ2) is 7.11. The number of benzene rings is 1. The van der Waals surface area contributed by atoms with Crippen molar-refractivity contribution in [3.63, 3.8) is 0 Å². The topological polar surface area (TPSA) is 52.7 Å². The molecule has 2 unspecified atom stereocenters. The quantitative estimate of drug-likeness (QED) is 0.911. The summed E-state index contributed by atoms with van der Waals surface area (Å²) in [6.45, 7) is 2.29. The van der Waals surface area contributed by atoms with Crippen LogP contribution < -0.4 is 10.2 Å². The van der Waals surface area contributed by atoms with E-state index < -0.39 is 0 Å².